The van der Waals surface area contributed by atoms with Gasteiger partial charge < -0.3 is 14.3 Å². The van der Waals surface area contributed by atoms with Crippen molar-refractivity contribution < 1.29 is 19.1 Å². The van der Waals surface area contributed by atoms with Crippen LogP contribution in [0.25, 0.3) is 10.2 Å². The number of furan rings is 1. The molecule has 0 aliphatic heterocycles. The number of amides is 1. The van der Waals surface area contributed by atoms with E-state index in [0.717, 1.165) is 15.1 Å². The Labute approximate surface area is 184 Å². The number of carbonyl (C=O) groups is 1. The van der Waals surface area contributed by atoms with E-state index in [-0.39, 0.29) is 24.4 Å². The van der Waals surface area contributed by atoms with Gasteiger partial charge in [-0.1, -0.05) is 6.92 Å². The fraction of sp³-hybridized carbons (Fsp3) is 0.476. The number of hydrogen-bond donors (Lipinski definition) is 1. The predicted octanol–water partition coefficient (Wildman–Crippen LogP) is 5.36. The summed E-state index contributed by atoms with van der Waals surface area (Å²) in [5.74, 6) is 1.08. The Morgan fingerprint density at radius 2 is 2.13 bits per heavy atom. The highest BCUT2D eigenvalue weighted by atomic mass is 35.5. The fourth-order valence-corrected chi connectivity index (χ4v) is 4.52. The second kappa shape index (κ2) is 8.91. The third-order valence-electron chi connectivity index (χ3n) is 4.43. The molecule has 0 aliphatic carbocycles. The normalized spacial score (nSPS) is 12.9. The predicted molar refractivity (Wildman–Crippen MR) is 118 cm³/mol. The van der Waals surface area contributed by atoms with Gasteiger partial charge in [-0.05, 0) is 69.3 Å². The number of nitrogens with zero attached hydrogens (tertiary/aromatic N) is 3. The van der Waals surface area contributed by atoms with Crippen molar-refractivity contribution in [2.24, 2.45) is 5.92 Å². The van der Waals surface area contributed by atoms with Crippen LogP contribution in [0.15, 0.2) is 22.8 Å². The van der Waals surface area contributed by atoms with Gasteiger partial charge in [0.15, 0.2) is 5.82 Å². The molecule has 3 aromatic rings. The van der Waals surface area contributed by atoms with E-state index in [4.69, 9.17) is 20.8 Å². The van der Waals surface area contributed by atoms with Crippen molar-refractivity contribution in [1.82, 2.24) is 9.97 Å². The molecule has 0 fully saturated rings. The largest absolute Gasteiger partial charge is 0.467 e. The molecule has 0 unspecified atom stereocenters. The molecule has 0 saturated heterocycles. The summed E-state index contributed by atoms with van der Waals surface area (Å²) in [6.45, 7) is 9.61. The highest BCUT2D eigenvalue weighted by Gasteiger charge is 2.29. The summed E-state index contributed by atoms with van der Waals surface area (Å²) in [5.41, 5.74) is 0.993. The van der Waals surface area contributed by atoms with Crippen LogP contribution < -0.4 is 4.90 Å². The Hall–Kier alpha value is -2.16. The van der Waals surface area contributed by atoms with Crippen LogP contribution in [0.2, 0.25) is 5.28 Å². The molecule has 1 N–H and O–H groups in total. The number of carbonyl (C=O) groups excluding carboxylic acids is 1. The number of fused-ring (bicyclic) bond motifs is 1. The van der Waals surface area contributed by atoms with Crippen LogP contribution in [0.5, 0.6) is 0 Å². The van der Waals surface area contributed by atoms with Crippen LogP contribution in [-0.2, 0) is 17.7 Å². The van der Waals surface area contributed by atoms with Crippen LogP contribution in [0.1, 0.15) is 43.9 Å². The Bertz CT molecular complexity index is 1030. The maximum atomic E-state index is 13.1. The third-order valence-corrected chi connectivity index (χ3v) is 5.90. The highest BCUT2D eigenvalue weighted by molar-refractivity contribution is 7.19. The van der Waals surface area contributed by atoms with Gasteiger partial charge in [-0.3, -0.25) is 4.90 Å². The topological polar surface area (TPSA) is 88.7 Å². The Kier molecular flexibility index (Phi) is 6.69. The first kappa shape index (κ1) is 22.5. The van der Waals surface area contributed by atoms with Gasteiger partial charge >= 0.3 is 6.09 Å². The molecular formula is C21H26ClN3O4S. The van der Waals surface area contributed by atoms with Crippen LogP contribution in [-0.4, -0.2) is 33.4 Å². The van der Waals surface area contributed by atoms with E-state index in [2.05, 4.69) is 9.97 Å². The van der Waals surface area contributed by atoms with Gasteiger partial charge in [-0.2, -0.15) is 4.98 Å². The average molecular weight is 452 g/mol. The number of halogens is 1. The molecule has 0 aromatic carbocycles. The lowest BCUT2D eigenvalue weighted by Gasteiger charge is -2.26. The van der Waals surface area contributed by atoms with Crippen LogP contribution in [0, 0.1) is 12.8 Å². The first-order chi connectivity index (χ1) is 14.1. The summed E-state index contributed by atoms with van der Waals surface area (Å²) in [6.07, 6.45) is 1.70. The molecule has 162 valence electrons. The Morgan fingerprint density at radius 1 is 1.40 bits per heavy atom. The number of rotatable bonds is 6. The molecule has 3 heterocycles. The van der Waals surface area contributed by atoms with Gasteiger partial charge in [0.25, 0.3) is 0 Å². The molecule has 3 rings (SSSR count). The summed E-state index contributed by atoms with van der Waals surface area (Å²) < 4.78 is 11.8. The summed E-state index contributed by atoms with van der Waals surface area (Å²) in [5, 5.41) is 9.50. The van der Waals surface area contributed by atoms with Gasteiger partial charge in [0.2, 0.25) is 5.28 Å². The smallest absolute Gasteiger partial charge is 0.416 e. The maximum absolute atomic E-state index is 13.1. The van der Waals surface area contributed by atoms with Crippen molar-refractivity contribution in [3.63, 3.8) is 0 Å². The summed E-state index contributed by atoms with van der Waals surface area (Å²) in [6, 6.07) is 3.54. The minimum Gasteiger partial charge on any atom is -0.467 e. The molecule has 0 aliphatic rings. The minimum atomic E-state index is -0.679. The number of aliphatic hydroxyl groups excluding tert-OH is 1. The Morgan fingerprint density at radius 3 is 2.73 bits per heavy atom. The number of ether oxygens (including phenoxy) is 1. The number of thiophene rings is 1. The fourth-order valence-electron chi connectivity index (χ4n) is 2.95. The molecule has 1 amide bonds. The van der Waals surface area contributed by atoms with E-state index in [1.807, 2.05) is 34.6 Å². The molecule has 30 heavy (non-hydrogen) atoms. The monoisotopic (exact) mass is 451 g/mol. The number of anilines is 1. The number of aromatic nitrogens is 2. The van der Waals surface area contributed by atoms with Crippen molar-refractivity contribution in [1.29, 1.82) is 0 Å². The molecule has 0 saturated carbocycles. The Balaban J connectivity index is 2.12. The highest BCUT2D eigenvalue weighted by Crippen LogP contribution is 2.38. The van der Waals surface area contributed by atoms with Crippen LogP contribution >= 0.6 is 22.9 Å². The summed E-state index contributed by atoms with van der Waals surface area (Å²) >= 11 is 7.75. The van der Waals surface area contributed by atoms with Crippen molar-refractivity contribution in [3.05, 3.63) is 39.9 Å². The second-order valence-electron chi connectivity index (χ2n) is 8.28. The van der Waals surface area contributed by atoms with Gasteiger partial charge in [0, 0.05) is 11.5 Å². The molecule has 0 radical (unpaired) electrons. The van der Waals surface area contributed by atoms with Crippen molar-refractivity contribution in [2.45, 2.75) is 53.2 Å². The lowest BCUT2D eigenvalue weighted by Crippen LogP contribution is -2.37. The zero-order chi connectivity index (χ0) is 22.1. The molecular weight excluding hydrogens is 426 g/mol. The van der Waals surface area contributed by atoms with Crippen LogP contribution in [0.3, 0.4) is 0 Å². The molecule has 7 nitrogen and oxygen atoms in total. The lowest BCUT2D eigenvalue weighted by molar-refractivity contribution is 0.0574. The zero-order valence-electron chi connectivity index (χ0n) is 17.7. The number of aryl methyl sites for hydroxylation is 1. The first-order valence-corrected chi connectivity index (χ1v) is 10.9. The molecule has 3 aromatic heterocycles. The number of hydrogen-bond acceptors (Lipinski definition) is 7. The van der Waals surface area contributed by atoms with E-state index >= 15 is 0 Å². The first-order valence-electron chi connectivity index (χ1n) is 9.68. The molecule has 0 spiro atoms. The van der Waals surface area contributed by atoms with Gasteiger partial charge in [0.05, 0.1) is 23.0 Å². The molecule has 9 heteroatoms. The number of aliphatic hydroxyl groups is 1. The summed E-state index contributed by atoms with van der Waals surface area (Å²) in [7, 11) is 0. The SMILES string of the molecule is Cc1c(C[C@H](C)CO)sc2c(N(Cc3ccco3)C(=O)OC(C)(C)C)nc(Cl)nc12. The molecule has 0 bridgehead atoms. The summed E-state index contributed by atoms with van der Waals surface area (Å²) in [4.78, 5) is 24.4. The minimum absolute atomic E-state index is 0.0492. The van der Waals surface area contributed by atoms with Crippen molar-refractivity contribution >= 4 is 45.1 Å². The van der Waals surface area contributed by atoms with E-state index in [1.54, 1.807) is 18.4 Å². The lowest BCUT2D eigenvalue weighted by atomic mass is 10.1. The van der Waals surface area contributed by atoms with Gasteiger partial charge in [-0.25, -0.2) is 9.78 Å². The van der Waals surface area contributed by atoms with Crippen molar-refractivity contribution in [2.75, 3.05) is 11.5 Å². The quantitative estimate of drug-likeness (QED) is 0.507. The van der Waals surface area contributed by atoms with Gasteiger partial charge in [0.1, 0.15) is 11.4 Å². The van der Waals surface area contributed by atoms with E-state index < -0.39 is 11.7 Å². The second-order valence-corrected chi connectivity index (χ2v) is 9.73. The zero-order valence-corrected chi connectivity index (χ0v) is 19.3. The average Bonchev–Trinajstić information content (AvgIpc) is 3.27. The van der Waals surface area contributed by atoms with E-state index in [1.165, 1.54) is 16.2 Å². The van der Waals surface area contributed by atoms with E-state index in [0.29, 0.717) is 23.5 Å². The van der Waals surface area contributed by atoms with Gasteiger partial charge in [-0.15, -0.1) is 11.3 Å². The van der Waals surface area contributed by atoms with Crippen molar-refractivity contribution in [3.8, 4) is 0 Å². The van der Waals surface area contributed by atoms with Crippen LogP contribution in [0.4, 0.5) is 10.6 Å². The molecule has 1 atom stereocenters. The third kappa shape index (κ3) is 5.11. The maximum Gasteiger partial charge on any atom is 0.416 e. The van der Waals surface area contributed by atoms with E-state index in [9.17, 15) is 9.90 Å². The standard InChI is InChI=1S/C21H26ClN3O4S/c1-12(11-26)9-15-13(2)16-17(30-15)18(24-19(22)23-16)25(10-14-7-6-8-28-14)20(27)29-21(3,4)5/h6-8,12,26H,9-11H2,1-5H3/t12-/m0/s1.